The van der Waals surface area contributed by atoms with Crippen molar-refractivity contribution in [2.75, 3.05) is 85.5 Å². The van der Waals surface area contributed by atoms with Crippen LogP contribution in [-0.2, 0) is 61.9 Å². The first-order valence-electron chi connectivity index (χ1n) is 26.6. The number of unbranched alkanes of at least 4 members (excludes halogenated alkanes) is 20. The molecule has 1 amide bonds. The molecule has 18 heteroatoms. The Bertz CT molecular complexity index is 1250. The molecule has 0 aromatic carbocycles. The third-order valence-electron chi connectivity index (χ3n) is 11.8. The van der Waals surface area contributed by atoms with Crippen LogP contribution in [0.25, 0.3) is 0 Å². The largest absolute Gasteiger partial charge is 1.00 e. The van der Waals surface area contributed by atoms with Crippen molar-refractivity contribution in [1.29, 1.82) is 0 Å². The Labute approximate surface area is 448 Å². The van der Waals surface area contributed by atoms with E-state index in [0.717, 1.165) is 154 Å². The molecule has 0 spiro atoms. The van der Waals surface area contributed by atoms with E-state index in [2.05, 4.69) is 34.6 Å². The van der Waals surface area contributed by atoms with Crippen LogP contribution in [0.2, 0.25) is 0 Å². The van der Waals surface area contributed by atoms with Gasteiger partial charge in [0.2, 0.25) is 0 Å². The fraction of sp³-hybridized carbons (Fsp3) is 0.815. The van der Waals surface area contributed by atoms with Gasteiger partial charge in [-0.3, -0.25) is 43.5 Å². The minimum absolute atomic E-state index is 0. The molecule has 2 atom stereocenters. The average molecular weight is 1020 g/mol. The van der Waals surface area contributed by atoms with Crippen LogP contribution in [0.4, 0.5) is 4.79 Å². The fourth-order valence-corrected chi connectivity index (χ4v) is 7.81. The monoisotopic (exact) mass is 1020 g/mol. The molecule has 0 aromatic heterocycles. The van der Waals surface area contributed by atoms with E-state index in [-0.39, 0.29) is 113 Å². The number of ether oxygens (including phenoxy) is 7. The molecule has 0 unspecified atom stereocenters. The summed E-state index contributed by atoms with van der Waals surface area (Å²) in [6.07, 6.45) is 24.1. The number of rotatable bonds is 45. The van der Waals surface area contributed by atoms with E-state index < -0.39 is 67.1 Å². The van der Waals surface area contributed by atoms with E-state index in [1.807, 2.05) is 0 Å². The summed E-state index contributed by atoms with van der Waals surface area (Å²) in [5.74, 6) is -3.78. The van der Waals surface area contributed by atoms with E-state index in [0.29, 0.717) is 0 Å². The van der Waals surface area contributed by atoms with Crippen molar-refractivity contribution < 1.29 is 85.6 Å². The van der Waals surface area contributed by atoms with Gasteiger partial charge in [-0.1, -0.05) is 156 Å². The van der Waals surface area contributed by atoms with Crippen molar-refractivity contribution in [1.82, 2.24) is 14.7 Å². The van der Waals surface area contributed by atoms with Gasteiger partial charge in [0.1, 0.15) is 13.2 Å². The van der Waals surface area contributed by atoms with Gasteiger partial charge in [-0.25, -0.2) is 4.79 Å². The van der Waals surface area contributed by atoms with Crippen LogP contribution in [0.15, 0.2) is 0 Å². The van der Waals surface area contributed by atoms with Crippen LogP contribution < -0.4 is 18.9 Å². The van der Waals surface area contributed by atoms with Crippen LogP contribution in [0, 0.1) is 21.8 Å². The molecule has 17 nitrogen and oxygen atoms in total. The van der Waals surface area contributed by atoms with Crippen LogP contribution in [0.3, 0.4) is 0 Å². The van der Waals surface area contributed by atoms with Crippen molar-refractivity contribution in [3.63, 3.8) is 0 Å². The molecule has 72 heavy (non-hydrogen) atoms. The predicted octanol–water partition coefficient (Wildman–Crippen LogP) is 6.61. The SMILES string of the molecule is [CH2-]COC(=O)N1[C@H](COC(=O)CN(CC(=O)OCCCCCCCC)CC(=O)OCCCCCCCC)C[C@@H]1COC(=O)CN(CC(=O)OCCCCCCCC)CC(=O)OCCCCCCCC.[CH3-].[CH3-].[Li+]. The Balaban J connectivity index is -0.0000159. The van der Waals surface area contributed by atoms with Gasteiger partial charge in [-0.15, -0.1) is 0 Å². The molecule has 416 valence electrons. The summed E-state index contributed by atoms with van der Waals surface area (Å²) in [5, 5.41) is 0. The van der Waals surface area contributed by atoms with Gasteiger partial charge in [-0.05, 0) is 38.7 Å². The normalized spacial score (nSPS) is 13.7. The Morgan fingerprint density at radius 1 is 0.389 bits per heavy atom. The standard InChI is InChI=1S/C52H92N3O14.2CH3.Li/c1-6-11-15-19-23-27-31-64-46(56)36-53(37-47(57)65-32-28-24-20-16-12-7-2)40-50(60)68-42-44-35-45(55(44)52(62)63-10-5)43-69-51(61)41-54(38-48(58)66-33-29-25-21-17-13-8-3)39-49(59)67-34-30-26-22-18-14-9-4;;;/h44-45H,5-43H2,1-4H3;2*1H3;/q3*-1;+1/t44-,45+;;;. The second-order valence-electron chi connectivity index (χ2n) is 18.2. The summed E-state index contributed by atoms with van der Waals surface area (Å²) >= 11 is 0. The second kappa shape index (κ2) is 49.8. The zero-order valence-electron chi connectivity index (χ0n) is 46.3. The number of carbonyl (C=O) groups is 7. The number of hydrogen-bond acceptors (Lipinski definition) is 16. The summed E-state index contributed by atoms with van der Waals surface area (Å²) in [7, 11) is 0. The summed E-state index contributed by atoms with van der Waals surface area (Å²) < 4.78 is 37.9. The first kappa shape index (κ1) is 72.9. The van der Waals surface area contributed by atoms with Crippen molar-refractivity contribution in [2.24, 2.45) is 0 Å². The molecule has 0 bridgehead atoms. The van der Waals surface area contributed by atoms with Gasteiger partial charge < -0.3 is 54.9 Å². The van der Waals surface area contributed by atoms with E-state index >= 15 is 0 Å². The zero-order valence-corrected chi connectivity index (χ0v) is 46.3. The molecular weight excluding hydrogens is 922 g/mol. The topological polar surface area (TPSA) is 194 Å². The minimum Gasteiger partial charge on any atom is -0.483 e. The molecule has 1 fully saturated rings. The van der Waals surface area contributed by atoms with Gasteiger partial charge >= 0.3 is 60.8 Å². The zero-order chi connectivity index (χ0) is 50.7. The molecule has 1 saturated heterocycles. The molecule has 1 aliphatic rings. The maximum absolute atomic E-state index is 13.2. The molecular formula is C54H98LiN3O14-2. The quantitative estimate of drug-likeness (QED) is 0.0208. The van der Waals surface area contributed by atoms with E-state index in [4.69, 9.17) is 33.2 Å². The Hall–Kier alpha value is -3.39. The van der Waals surface area contributed by atoms with Gasteiger partial charge in [0.25, 0.3) is 0 Å². The Morgan fingerprint density at radius 3 is 0.875 bits per heavy atom. The molecule has 0 saturated carbocycles. The first-order chi connectivity index (χ1) is 33.5. The number of hydrogen-bond donors (Lipinski definition) is 0. The van der Waals surface area contributed by atoms with Gasteiger partial charge in [-0.2, -0.15) is 0 Å². The molecule has 0 N–H and O–H groups in total. The van der Waals surface area contributed by atoms with Crippen LogP contribution >= 0.6 is 0 Å². The van der Waals surface area contributed by atoms with E-state index in [9.17, 15) is 33.6 Å². The fourth-order valence-electron chi connectivity index (χ4n) is 7.81. The minimum atomic E-state index is -0.746. The number of amides is 1. The number of carbonyl (C=O) groups excluding carboxylic acids is 7. The van der Waals surface area contributed by atoms with Crippen LogP contribution in [0.1, 0.15) is 188 Å². The third kappa shape index (κ3) is 39.1. The second-order valence-corrected chi connectivity index (χ2v) is 18.2. The molecule has 0 radical (unpaired) electrons. The summed E-state index contributed by atoms with van der Waals surface area (Å²) in [4.78, 5) is 94.5. The van der Waals surface area contributed by atoms with Crippen molar-refractivity contribution in [3.05, 3.63) is 21.8 Å². The third-order valence-corrected chi connectivity index (χ3v) is 11.8. The van der Waals surface area contributed by atoms with Crippen LogP contribution in [0.5, 0.6) is 0 Å². The van der Waals surface area contributed by atoms with Crippen molar-refractivity contribution in [3.8, 4) is 0 Å². The Morgan fingerprint density at radius 2 is 0.625 bits per heavy atom. The van der Waals surface area contributed by atoms with Gasteiger partial charge in [0.05, 0.1) is 77.8 Å². The Kier molecular flexibility index (Phi) is 50.4. The van der Waals surface area contributed by atoms with Crippen molar-refractivity contribution >= 4 is 41.9 Å². The smallest absolute Gasteiger partial charge is 0.483 e. The summed E-state index contributed by atoms with van der Waals surface area (Å²) in [6, 6.07) is -1.26. The maximum atomic E-state index is 13.2. The number of likely N-dealkylation sites (tertiary alicyclic amines) is 1. The maximum Gasteiger partial charge on any atom is 1.00 e. The predicted molar refractivity (Wildman–Crippen MR) is 276 cm³/mol. The molecule has 1 aliphatic heterocycles. The van der Waals surface area contributed by atoms with E-state index in [1.54, 1.807) is 0 Å². The molecule has 1 rings (SSSR count). The molecule has 1 heterocycles. The molecule has 0 aromatic rings. The summed E-state index contributed by atoms with van der Waals surface area (Å²) in [6.45, 7) is 10.4. The van der Waals surface area contributed by atoms with Crippen molar-refractivity contribution in [2.45, 2.75) is 200 Å². The first-order valence-corrected chi connectivity index (χ1v) is 26.6. The number of nitrogens with zero attached hydrogens (tertiary/aromatic N) is 3. The summed E-state index contributed by atoms with van der Waals surface area (Å²) in [5.41, 5.74) is 0. The van der Waals surface area contributed by atoms with Crippen LogP contribution in [-0.4, -0.2) is 154 Å². The molecule has 0 aliphatic carbocycles. The van der Waals surface area contributed by atoms with Gasteiger partial charge in [0.15, 0.2) is 0 Å². The van der Waals surface area contributed by atoms with Gasteiger partial charge in [0, 0.05) is 0 Å². The number of esters is 6. The average Bonchev–Trinajstić information content (AvgIpc) is 3.29. The van der Waals surface area contributed by atoms with E-state index in [1.165, 1.54) is 14.7 Å².